The molecule has 0 spiro atoms. The molecule has 1 atom stereocenters. The zero-order valence-corrected chi connectivity index (χ0v) is 14.8. The zero-order valence-electron chi connectivity index (χ0n) is 14.0. The number of rotatable bonds is 4. The predicted molar refractivity (Wildman–Crippen MR) is 90.4 cm³/mol. The number of aliphatic hydroxyl groups excluding tert-OH is 2. The molecule has 0 fully saturated rings. The molecule has 0 bridgehead atoms. The van der Waals surface area contributed by atoms with Crippen molar-refractivity contribution in [2.45, 2.75) is 24.1 Å². The van der Waals surface area contributed by atoms with Gasteiger partial charge in [-0.3, -0.25) is 4.68 Å². The molecule has 1 aliphatic rings. The predicted octanol–water partition coefficient (Wildman–Crippen LogP) is -0.605. The summed E-state index contributed by atoms with van der Waals surface area (Å²) in [4.78, 5) is 0.117. The molecule has 3 heterocycles. The zero-order chi connectivity index (χ0) is 18.5. The lowest BCUT2D eigenvalue weighted by Gasteiger charge is -2.26. The fourth-order valence-electron chi connectivity index (χ4n) is 3.11. The smallest absolute Gasteiger partial charge is 0.245 e. The van der Waals surface area contributed by atoms with Crippen LogP contribution < -0.4 is 0 Å². The molecule has 0 amide bonds. The highest BCUT2D eigenvalue weighted by atomic mass is 32.2. The summed E-state index contributed by atoms with van der Waals surface area (Å²) in [5.41, 5.74) is 1.97. The first-order chi connectivity index (χ1) is 12.4. The van der Waals surface area contributed by atoms with Gasteiger partial charge >= 0.3 is 0 Å². The Labute approximate surface area is 149 Å². The molecule has 26 heavy (non-hydrogen) atoms. The quantitative estimate of drug-likeness (QED) is 0.620. The maximum absolute atomic E-state index is 13.1. The molecular formula is C15H18N6O4S. The Kier molecular flexibility index (Phi) is 4.03. The van der Waals surface area contributed by atoms with Gasteiger partial charge in [0.05, 0.1) is 36.6 Å². The summed E-state index contributed by atoms with van der Waals surface area (Å²) >= 11 is 0. The molecule has 1 aliphatic heterocycles. The number of aryl methyl sites for hydroxylation is 1. The highest BCUT2D eigenvalue weighted by Crippen LogP contribution is 2.27. The van der Waals surface area contributed by atoms with Crippen molar-refractivity contribution in [3.05, 3.63) is 35.7 Å². The minimum Gasteiger partial charge on any atom is -0.393 e. The summed E-state index contributed by atoms with van der Waals surface area (Å²) in [6.07, 6.45) is -1.08. The Balaban J connectivity index is 1.70. The van der Waals surface area contributed by atoms with Crippen molar-refractivity contribution in [2.75, 3.05) is 13.2 Å². The normalized spacial score (nSPS) is 16.7. The molecule has 0 aliphatic carbocycles. The minimum absolute atomic E-state index is 0.117. The third kappa shape index (κ3) is 2.60. The van der Waals surface area contributed by atoms with E-state index in [0.717, 1.165) is 0 Å². The maximum Gasteiger partial charge on any atom is 0.245 e. The van der Waals surface area contributed by atoms with Crippen LogP contribution in [0.25, 0.3) is 11.0 Å². The molecule has 0 radical (unpaired) electrons. The Hall–Kier alpha value is -2.34. The summed E-state index contributed by atoms with van der Waals surface area (Å²) in [6, 6.07) is 6.58. The van der Waals surface area contributed by atoms with Crippen molar-refractivity contribution >= 4 is 21.1 Å². The van der Waals surface area contributed by atoms with E-state index in [0.29, 0.717) is 29.0 Å². The molecule has 2 aromatic heterocycles. The van der Waals surface area contributed by atoms with E-state index in [9.17, 15) is 13.5 Å². The average Bonchev–Trinajstić information content (AvgIpc) is 3.24. The number of fused-ring (bicyclic) bond motifs is 2. The van der Waals surface area contributed by atoms with Crippen LogP contribution in [-0.2, 0) is 30.2 Å². The highest BCUT2D eigenvalue weighted by Gasteiger charge is 2.32. The van der Waals surface area contributed by atoms with Gasteiger partial charge in [0, 0.05) is 13.6 Å². The maximum atomic E-state index is 13.1. The fourth-order valence-corrected chi connectivity index (χ4v) is 4.65. The topological polar surface area (TPSA) is 126 Å². The molecule has 2 N–H and O–H groups in total. The van der Waals surface area contributed by atoms with Crippen molar-refractivity contribution in [3.8, 4) is 0 Å². The standard InChI is InChI=1S/C15H18N6O4S/c1-19-12-3-2-4-14(15(12)16-18-19)26(24,25)20-5-6-21-10(8-20)7-11(17-21)13(23)9-22/h2-4,7,13,22-23H,5-6,8-9H2,1H3/t13-/m1/s1. The first kappa shape index (κ1) is 17.1. The number of hydrogen-bond acceptors (Lipinski definition) is 7. The second-order valence-corrected chi connectivity index (χ2v) is 8.06. The first-order valence-electron chi connectivity index (χ1n) is 8.06. The Morgan fingerprint density at radius 1 is 1.31 bits per heavy atom. The number of aromatic nitrogens is 5. The molecule has 0 saturated carbocycles. The van der Waals surface area contributed by atoms with Crippen LogP contribution in [0.15, 0.2) is 29.2 Å². The molecule has 0 unspecified atom stereocenters. The number of aliphatic hydroxyl groups is 2. The van der Waals surface area contributed by atoms with E-state index in [-0.39, 0.29) is 18.0 Å². The van der Waals surface area contributed by atoms with Crippen molar-refractivity contribution in [3.63, 3.8) is 0 Å². The Morgan fingerprint density at radius 3 is 2.88 bits per heavy atom. The molecular weight excluding hydrogens is 360 g/mol. The SMILES string of the molecule is Cn1nnc2c(S(=O)(=O)N3CCn4nc([C@H](O)CO)cc4C3)cccc21. The van der Waals surface area contributed by atoms with Crippen LogP contribution >= 0.6 is 0 Å². The van der Waals surface area contributed by atoms with Crippen LogP contribution in [-0.4, -0.2) is 60.9 Å². The molecule has 138 valence electrons. The van der Waals surface area contributed by atoms with Crippen molar-refractivity contribution < 1.29 is 18.6 Å². The summed E-state index contributed by atoms with van der Waals surface area (Å²) in [7, 11) is -2.06. The van der Waals surface area contributed by atoms with Gasteiger partial charge in [0.1, 0.15) is 16.5 Å². The average molecular weight is 378 g/mol. The van der Waals surface area contributed by atoms with E-state index in [1.54, 1.807) is 29.9 Å². The lowest BCUT2D eigenvalue weighted by Crippen LogP contribution is -2.38. The van der Waals surface area contributed by atoms with Gasteiger partial charge in [0.15, 0.2) is 0 Å². The van der Waals surface area contributed by atoms with Crippen LogP contribution in [0.4, 0.5) is 0 Å². The molecule has 0 saturated heterocycles. The summed E-state index contributed by atoms with van der Waals surface area (Å²) in [5.74, 6) is 0. The second kappa shape index (κ2) is 6.13. The van der Waals surface area contributed by atoms with Gasteiger partial charge in [-0.15, -0.1) is 5.10 Å². The first-order valence-corrected chi connectivity index (χ1v) is 9.50. The second-order valence-electron chi connectivity index (χ2n) is 6.16. The number of benzene rings is 1. The monoisotopic (exact) mass is 378 g/mol. The lowest BCUT2D eigenvalue weighted by molar-refractivity contribution is 0.0916. The van der Waals surface area contributed by atoms with Crippen molar-refractivity contribution in [1.29, 1.82) is 0 Å². The summed E-state index contributed by atoms with van der Waals surface area (Å²) in [5, 5.41) is 30.9. The van der Waals surface area contributed by atoms with Gasteiger partial charge in [0.25, 0.3) is 0 Å². The van der Waals surface area contributed by atoms with Crippen molar-refractivity contribution in [2.24, 2.45) is 7.05 Å². The van der Waals surface area contributed by atoms with Crippen LogP contribution in [0.3, 0.4) is 0 Å². The third-order valence-electron chi connectivity index (χ3n) is 4.52. The van der Waals surface area contributed by atoms with Gasteiger partial charge in [0.2, 0.25) is 10.0 Å². The van der Waals surface area contributed by atoms with E-state index in [4.69, 9.17) is 5.11 Å². The molecule has 10 nitrogen and oxygen atoms in total. The third-order valence-corrected chi connectivity index (χ3v) is 6.40. The van der Waals surface area contributed by atoms with Crippen LogP contribution in [0.2, 0.25) is 0 Å². The van der Waals surface area contributed by atoms with Gasteiger partial charge in [-0.05, 0) is 18.2 Å². The Morgan fingerprint density at radius 2 is 2.12 bits per heavy atom. The van der Waals surface area contributed by atoms with Gasteiger partial charge in [-0.2, -0.15) is 9.40 Å². The van der Waals surface area contributed by atoms with Crippen molar-refractivity contribution in [1.82, 2.24) is 29.1 Å². The van der Waals surface area contributed by atoms with Crippen LogP contribution in [0, 0.1) is 0 Å². The van der Waals surface area contributed by atoms with Gasteiger partial charge < -0.3 is 10.2 Å². The molecule has 3 aromatic rings. The molecule has 11 heteroatoms. The fraction of sp³-hybridized carbons (Fsp3) is 0.400. The number of sulfonamides is 1. The van der Waals surface area contributed by atoms with Crippen LogP contribution in [0.5, 0.6) is 0 Å². The number of nitrogens with zero attached hydrogens (tertiary/aromatic N) is 6. The largest absolute Gasteiger partial charge is 0.393 e. The summed E-state index contributed by atoms with van der Waals surface area (Å²) < 4.78 is 30.8. The van der Waals surface area contributed by atoms with E-state index in [2.05, 4.69) is 15.4 Å². The lowest BCUT2D eigenvalue weighted by atomic mass is 10.2. The minimum atomic E-state index is -3.77. The van der Waals surface area contributed by atoms with Crippen LogP contribution in [0.1, 0.15) is 17.5 Å². The van der Waals surface area contributed by atoms with Gasteiger partial charge in [-0.1, -0.05) is 11.3 Å². The number of hydrogen-bond donors (Lipinski definition) is 2. The molecule has 1 aromatic carbocycles. The highest BCUT2D eigenvalue weighted by molar-refractivity contribution is 7.89. The van der Waals surface area contributed by atoms with E-state index >= 15 is 0 Å². The Bertz CT molecular complexity index is 1070. The van der Waals surface area contributed by atoms with Gasteiger partial charge in [-0.25, -0.2) is 13.1 Å². The summed E-state index contributed by atoms with van der Waals surface area (Å²) in [6.45, 7) is 0.308. The van der Waals surface area contributed by atoms with E-state index in [1.807, 2.05) is 0 Å². The van der Waals surface area contributed by atoms with E-state index in [1.165, 1.54) is 15.1 Å². The molecule has 4 rings (SSSR count). The van der Waals surface area contributed by atoms with E-state index < -0.39 is 22.7 Å².